The average Bonchev–Trinajstić information content (AvgIpc) is 2.86. The van der Waals surface area contributed by atoms with Crippen LogP contribution in [-0.4, -0.2) is 89.7 Å². The van der Waals surface area contributed by atoms with Gasteiger partial charge < -0.3 is 0 Å². The molecule has 0 atom stereocenters. The van der Waals surface area contributed by atoms with Crippen molar-refractivity contribution in [2.24, 2.45) is 0 Å². The first kappa shape index (κ1) is 11.2. The van der Waals surface area contributed by atoms with Crippen molar-refractivity contribution in [2.45, 2.75) is 0 Å². The van der Waals surface area contributed by atoms with E-state index in [-0.39, 0.29) is 0 Å². The van der Waals surface area contributed by atoms with E-state index < -0.39 is 0 Å². The van der Waals surface area contributed by atoms with Crippen LogP contribution in [0.1, 0.15) is 0 Å². The van der Waals surface area contributed by atoms with E-state index in [9.17, 15) is 0 Å². The molecule has 6 heteroatoms. The molecule has 0 saturated heterocycles. The molecule has 0 radical (unpaired) electrons. The number of hydrogen-bond donors (Lipinski definition) is 0. The average molecular weight is 574 g/mol. The maximum atomic E-state index is 2.46. The molecule has 0 nitrogen and oxygen atoms in total. The topological polar surface area (TPSA) is 0 Å². The Morgan fingerprint density at radius 2 is 0.929 bits per heavy atom. The molecule has 0 aromatic carbocycles. The molecule has 0 spiro atoms. The minimum atomic E-state index is 0.755. The molecule has 0 aromatic rings. The second kappa shape index (κ2) is 5.15. The summed E-state index contributed by atoms with van der Waals surface area (Å²) in [4.78, 5) is 9.79. The summed E-state index contributed by atoms with van der Waals surface area (Å²) in [6.45, 7) is 0. The van der Waals surface area contributed by atoms with Gasteiger partial charge in [-0.15, -0.1) is 0 Å². The Kier molecular flexibility index (Phi) is 4.12. The molecule has 3 aliphatic rings. The van der Waals surface area contributed by atoms with E-state index in [1.54, 1.807) is 0 Å². The maximum absolute atomic E-state index is 2.46. The molecule has 0 amide bonds. The fraction of sp³-hybridized carbons (Fsp3) is 0. The Balaban J connectivity index is 1.82. The molecule has 3 rings (SSSR count). The van der Waals surface area contributed by atoms with Crippen molar-refractivity contribution in [3.63, 3.8) is 0 Å². The van der Waals surface area contributed by atoms with Crippen molar-refractivity contribution in [1.82, 2.24) is 0 Å². The van der Waals surface area contributed by atoms with Crippen LogP contribution in [0.5, 0.6) is 0 Å². The summed E-state index contributed by atoms with van der Waals surface area (Å²) < 4.78 is 7.71. The third-order valence-electron chi connectivity index (χ3n) is 1.52. The molecule has 0 fully saturated rings. The predicted octanol–water partition coefficient (Wildman–Crippen LogP) is -0.552. The first-order chi connectivity index (χ1) is 6.93. The van der Waals surface area contributed by atoms with Crippen molar-refractivity contribution in [2.75, 3.05) is 0 Å². The van der Waals surface area contributed by atoms with E-state index >= 15 is 0 Å². The summed E-state index contributed by atoms with van der Waals surface area (Å²) >= 11 is 4.66. The zero-order chi connectivity index (χ0) is 9.38. The zero-order valence-corrected chi connectivity index (χ0v) is 17.0. The molecule has 0 bridgehead atoms. The van der Waals surface area contributed by atoms with E-state index in [2.05, 4.69) is 19.9 Å². The fourth-order valence-corrected chi connectivity index (χ4v) is 26.3. The minimum absolute atomic E-state index is 0.755. The monoisotopic (exact) mass is 580 g/mol. The summed E-state index contributed by atoms with van der Waals surface area (Å²) in [5, 5.41) is 0. The van der Waals surface area contributed by atoms with Crippen LogP contribution in [0.25, 0.3) is 0 Å². The SMILES string of the molecule is C1=C[Se]C(=C2[Se]C3=C([Se]C=C[Se]3)[Se]2)[Se]1. The van der Waals surface area contributed by atoms with Gasteiger partial charge in [0.25, 0.3) is 0 Å². The van der Waals surface area contributed by atoms with Crippen molar-refractivity contribution in [1.29, 1.82) is 0 Å². The normalized spacial score (nSPS) is 25.1. The molecule has 0 aromatic heterocycles. The van der Waals surface area contributed by atoms with Gasteiger partial charge in [0, 0.05) is 0 Å². The summed E-state index contributed by atoms with van der Waals surface area (Å²) in [6.07, 6.45) is 0. The molecule has 0 saturated carbocycles. The summed E-state index contributed by atoms with van der Waals surface area (Å²) in [6, 6.07) is 0. The van der Waals surface area contributed by atoms with Gasteiger partial charge in [-0.05, 0) is 0 Å². The Morgan fingerprint density at radius 3 is 1.43 bits per heavy atom. The third-order valence-corrected chi connectivity index (χ3v) is 25.4. The van der Waals surface area contributed by atoms with Crippen LogP contribution >= 0.6 is 0 Å². The van der Waals surface area contributed by atoms with E-state index in [0.717, 1.165) is 89.7 Å². The summed E-state index contributed by atoms with van der Waals surface area (Å²) in [5.74, 6) is 0. The second-order valence-electron chi connectivity index (χ2n) is 2.37. The van der Waals surface area contributed by atoms with Crippen molar-refractivity contribution < 1.29 is 0 Å². The molecule has 72 valence electrons. The van der Waals surface area contributed by atoms with Gasteiger partial charge in [-0.1, -0.05) is 0 Å². The first-order valence-corrected chi connectivity index (χ1v) is 14.6. The molecular weight excluding hydrogens is 570 g/mol. The van der Waals surface area contributed by atoms with Crippen molar-refractivity contribution >= 4 is 89.7 Å². The van der Waals surface area contributed by atoms with Gasteiger partial charge in [0.05, 0.1) is 0 Å². The van der Waals surface area contributed by atoms with Crippen LogP contribution < -0.4 is 0 Å². The van der Waals surface area contributed by atoms with Gasteiger partial charge in [-0.3, -0.25) is 0 Å². The van der Waals surface area contributed by atoms with Crippen molar-refractivity contribution in [3.05, 3.63) is 33.4 Å². The van der Waals surface area contributed by atoms with Crippen molar-refractivity contribution in [3.8, 4) is 0 Å². The Morgan fingerprint density at radius 1 is 0.500 bits per heavy atom. The van der Waals surface area contributed by atoms with E-state index in [1.165, 1.54) is 0 Å². The Hall–Kier alpha value is 2.08. The van der Waals surface area contributed by atoms with Crippen LogP contribution in [0.4, 0.5) is 0 Å². The molecule has 3 aliphatic heterocycles. The fourth-order valence-electron chi connectivity index (χ4n) is 0.983. The summed E-state index contributed by atoms with van der Waals surface area (Å²) in [5.41, 5.74) is 0. The number of hydrogen-bond acceptors (Lipinski definition) is 0. The van der Waals surface area contributed by atoms with Gasteiger partial charge in [-0.2, -0.15) is 0 Å². The van der Waals surface area contributed by atoms with E-state index in [4.69, 9.17) is 0 Å². The van der Waals surface area contributed by atoms with Gasteiger partial charge in [0.2, 0.25) is 0 Å². The third kappa shape index (κ3) is 2.34. The second-order valence-corrected chi connectivity index (χ2v) is 19.6. The van der Waals surface area contributed by atoms with Gasteiger partial charge in [-0.25, -0.2) is 0 Å². The number of rotatable bonds is 0. The Labute approximate surface area is 121 Å². The van der Waals surface area contributed by atoms with Crippen LogP contribution in [0.15, 0.2) is 33.4 Å². The van der Waals surface area contributed by atoms with Crippen LogP contribution in [-0.2, 0) is 0 Å². The molecule has 0 unspecified atom stereocenters. The predicted molar refractivity (Wildman–Crippen MR) is 66.9 cm³/mol. The molecule has 0 aliphatic carbocycles. The van der Waals surface area contributed by atoms with Gasteiger partial charge >= 0.3 is 123 Å². The quantitative estimate of drug-likeness (QED) is 0.342. The van der Waals surface area contributed by atoms with Crippen LogP contribution in [0.2, 0.25) is 0 Å². The van der Waals surface area contributed by atoms with Gasteiger partial charge in [0.15, 0.2) is 0 Å². The summed E-state index contributed by atoms with van der Waals surface area (Å²) in [7, 11) is 0. The van der Waals surface area contributed by atoms with Gasteiger partial charge in [0.1, 0.15) is 0 Å². The standard InChI is InChI=1S/C8H4Se6/c1-2-10-5(9-1)8-13-6-7(14-8)12-4-3-11-6/h1-4H. The molecule has 0 N–H and O–H groups in total. The van der Waals surface area contributed by atoms with Crippen LogP contribution in [0, 0.1) is 0 Å². The van der Waals surface area contributed by atoms with E-state index in [0.29, 0.717) is 0 Å². The van der Waals surface area contributed by atoms with E-state index in [1.807, 2.05) is 13.5 Å². The zero-order valence-electron chi connectivity index (χ0n) is 6.76. The molecular formula is C8H4Se6. The molecule has 3 heterocycles. The van der Waals surface area contributed by atoms with Crippen LogP contribution in [0.3, 0.4) is 0 Å². The first-order valence-electron chi connectivity index (χ1n) is 3.74. The Bertz CT molecular complexity index is 357. The molecule has 14 heavy (non-hydrogen) atoms.